The topological polar surface area (TPSA) is 55.1 Å². The number of nitrogens with two attached hydrogens (primary N) is 1. The minimum absolute atomic E-state index is 0.0498. The van der Waals surface area contributed by atoms with Crippen LogP contribution in [0.2, 0.25) is 5.02 Å². The van der Waals surface area contributed by atoms with Crippen molar-refractivity contribution in [3.63, 3.8) is 0 Å². The summed E-state index contributed by atoms with van der Waals surface area (Å²) in [5.74, 6) is 0.370. The van der Waals surface area contributed by atoms with Crippen LogP contribution in [-0.2, 0) is 0 Å². The van der Waals surface area contributed by atoms with E-state index in [1.54, 1.807) is 18.2 Å². The summed E-state index contributed by atoms with van der Waals surface area (Å²) in [6.07, 6.45) is 2.30. The molecule has 3 nitrogen and oxygen atoms in total. The van der Waals surface area contributed by atoms with Crippen LogP contribution >= 0.6 is 11.6 Å². The first-order valence-corrected chi connectivity index (χ1v) is 7.44. The van der Waals surface area contributed by atoms with Gasteiger partial charge >= 0.3 is 0 Å². The SMILES string of the molecule is Nc1cc(Cl)ccc1C(=O)NC(c1ccccc1)C1CC1. The second kappa shape index (κ2) is 5.78. The molecule has 0 aliphatic heterocycles. The number of hydrogen-bond donors (Lipinski definition) is 2. The Balaban J connectivity index is 1.81. The Morgan fingerprint density at radius 2 is 1.90 bits per heavy atom. The average molecular weight is 301 g/mol. The third kappa shape index (κ3) is 3.19. The number of nitrogen functional groups attached to an aromatic ring is 1. The maximum absolute atomic E-state index is 12.5. The fourth-order valence-corrected chi connectivity index (χ4v) is 2.70. The second-order valence-electron chi connectivity index (χ2n) is 5.43. The molecule has 1 amide bonds. The third-order valence-corrected chi connectivity index (χ3v) is 4.03. The van der Waals surface area contributed by atoms with Crippen molar-refractivity contribution in [3.8, 4) is 0 Å². The van der Waals surface area contributed by atoms with Crippen LogP contribution in [0, 0.1) is 5.92 Å². The molecular formula is C17H17ClN2O. The molecule has 4 heteroatoms. The Hall–Kier alpha value is -2.00. The number of halogens is 1. The van der Waals surface area contributed by atoms with E-state index < -0.39 is 0 Å². The van der Waals surface area contributed by atoms with E-state index in [0.717, 1.165) is 18.4 Å². The Labute approximate surface area is 129 Å². The van der Waals surface area contributed by atoms with E-state index in [1.807, 2.05) is 18.2 Å². The first-order chi connectivity index (χ1) is 10.1. The number of benzene rings is 2. The van der Waals surface area contributed by atoms with Crippen molar-refractivity contribution in [2.45, 2.75) is 18.9 Å². The molecule has 2 aromatic rings. The lowest BCUT2D eigenvalue weighted by Gasteiger charge is -2.19. The molecule has 1 atom stereocenters. The van der Waals surface area contributed by atoms with Gasteiger partial charge in [-0.25, -0.2) is 0 Å². The van der Waals surface area contributed by atoms with Crippen molar-refractivity contribution in [3.05, 3.63) is 64.7 Å². The molecule has 1 aliphatic carbocycles. The fourth-order valence-electron chi connectivity index (χ4n) is 2.52. The molecule has 0 spiro atoms. The molecule has 21 heavy (non-hydrogen) atoms. The molecule has 0 heterocycles. The smallest absolute Gasteiger partial charge is 0.253 e. The van der Waals surface area contributed by atoms with Gasteiger partial charge in [-0.1, -0.05) is 41.9 Å². The normalized spacial score (nSPS) is 15.5. The molecular weight excluding hydrogens is 284 g/mol. The number of nitrogens with one attached hydrogen (secondary N) is 1. The molecule has 1 unspecified atom stereocenters. The summed E-state index contributed by atoms with van der Waals surface area (Å²) in [7, 11) is 0. The van der Waals surface area contributed by atoms with Gasteiger partial charge in [0.15, 0.2) is 0 Å². The summed E-state index contributed by atoms with van der Waals surface area (Å²) in [5.41, 5.74) is 7.90. The van der Waals surface area contributed by atoms with E-state index >= 15 is 0 Å². The predicted octanol–water partition coefficient (Wildman–Crippen LogP) is 3.80. The first-order valence-electron chi connectivity index (χ1n) is 7.06. The van der Waals surface area contributed by atoms with E-state index in [4.69, 9.17) is 17.3 Å². The van der Waals surface area contributed by atoms with Crippen LogP contribution < -0.4 is 11.1 Å². The lowest BCUT2D eigenvalue weighted by molar-refractivity contribution is 0.0932. The van der Waals surface area contributed by atoms with Crippen molar-refractivity contribution >= 4 is 23.2 Å². The number of anilines is 1. The maximum Gasteiger partial charge on any atom is 0.253 e. The zero-order chi connectivity index (χ0) is 14.8. The summed E-state index contributed by atoms with van der Waals surface area (Å²) in [6, 6.07) is 15.1. The van der Waals surface area contributed by atoms with Gasteiger partial charge in [0.1, 0.15) is 0 Å². The van der Waals surface area contributed by atoms with Crippen LogP contribution in [0.1, 0.15) is 34.8 Å². The largest absolute Gasteiger partial charge is 0.398 e. The summed E-state index contributed by atoms with van der Waals surface area (Å²) < 4.78 is 0. The Morgan fingerprint density at radius 1 is 1.19 bits per heavy atom. The first kappa shape index (κ1) is 14.0. The van der Waals surface area contributed by atoms with Crippen molar-refractivity contribution in [1.29, 1.82) is 0 Å². The number of carbonyl (C=O) groups excluding carboxylic acids is 1. The zero-order valence-corrected chi connectivity index (χ0v) is 12.3. The molecule has 0 saturated heterocycles. The quantitative estimate of drug-likeness (QED) is 0.844. The maximum atomic E-state index is 12.5. The summed E-state index contributed by atoms with van der Waals surface area (Å²) in [5, 5.41) is 3.64. The molecule has 3 rings (SSSR count). The van der Waals surface area contributed by atoms with E-state index in [2.05, 4.69) is 17.4 Å². The Kier molecular flexibility index (Phi) is 3.84. The van der Waals surface area contributed by atoms with Crippen LogP contribution in [0.5, 0.6) is 0 Å². The fraction of sp³-hybridized carbons (Fsp3) is 0.235. The van der Waals surface area contributed by atoms with Crippen molar-refractivity contribution in [2.75, 3.05) is 5.73 Å². The minimum atomic E-state index is -0.148. The highest BCUT2D eigenvalue weighted by Crippen LogP contribution is 2.41. The van der Waals surface area contributed by atoms with E-state index in [9.17, 15) is 4.79 Å². The van der Waals surface area contributed by atoms with E-state index in [0.29, 0.717) is 22.2 Å². The molecule has 1 aliphatic rings. The van der Waals surface area contributed by atoms with Gasteiger partial charge in [0.2, 0.25) is 0 Å². The Bertz CT molecular complexity index is 653. The van der Waals surface area contributed by atoms with Gasteiger partial charge < -0.3 is 11.1 Å². The summed E-state index contributed by atoms with van der Waals surface area (Å²) >= 11 is 5.87. The number of amides is 1. The van der Waals surface area contributed by atoms with Crippen molar-refractivity contribution in [2.24, 2.45) is 5.92 Å². The minimum Gasteiger partial charge on any atom is -0.398 e. The number of rotatable bonds is 4. The van der Waals surface area contributed by atoms with Gasteiger partial charge in [0.25, 0.3) is 5.91 Å². The number of carbonyl (C=O) groups is 1. The molecule has 1 fully saturated rings. The molecule has 3 N–H and O–H groups in total. The van der Waals surface area contributed by atoms with E-state index in [-0.39, 0.29) is 11.9 Å². The van der Waals surface area contributed by atoms with Gasteiger partial charge in [0.05, 0.1) is 11.6 Å². The molecule has 0 bridgehead atoms. The van der Waals surface area contributed by atoms with Crippen LogP contribution in [0.3, 0.4) is 0 Å². The van der Waals surface area contributed by atoms with Gasteiger partial charge in [-0.05, 0) is 42.5 Å². The monoisotopic (exact) mass is 300 g/mol. The van der Waals surface area contributed by atoms with Crippen molar-refractivity contribution in [1.82, 2.24) is 5.32 Å². The predicted molar refractivity (Wildman–Crippen MR) is 85.2 cm³/mol. The molecule has 0 aromatic heterocycles. The third-order valence-electron chi connectivity index (χ3n) is 3.80. The second-order valence-corrected chi connectivity index (χ2v) is 5.87. The summed E-state index contributed by atoms with van der Waals surface area (Å²) in [6.45, 7) is 0. The van der Waals surface area contributed by atoms with Gasteiger partial charge in [-0.15, -0.1) is 0 Å². The van der Waals surface area contributed by atoms with Gasteiger partial charge in [-0.3, -0.25) is 4.79 Å². The lowest BCUT2D eigenvalue weighted by atomic mass is 10.0. The number of hydrogen-bond acceptors (Lipinski definition) is 2. The van der Waals surface area contributed by atoms with Crippen LogP contribution in [0.25, 0.3) is 0 Å². The summed E-state index contributed by atoms with van der Waals surface area (Å²) in [4.78, 5) is 12.5. The zero-order valence-electron chi connectivity index (χ0n) is 11.6. The average Bonchev–Trinajstić information content (AvgIpc) is 3.30. The Morgan fingerprint density at radius 3 is 2.52 bits per heavy atom. The molecule has 1 saturated carbocycles. The van der Waals surface area contributed by atoms with Crippen LogP contribution in [0.15, 0.2) is 48.5 Å². The van der Waals surface area contributed by atoms with Crippen LogP contribution in [-0.4, -0.2) is 5.91 Å². The molecule has 108 valence electrons. The highest BCUT2D eigenvalue weighted by atomic mass is 35.5. The standard InChI is InChI=1S/C17H17ClN2O/c18-13-8-9-14(15(19)10-13)17(21)20-16(12-6-7-12)11-4-2-1-3-5-11/h1-5,8-10,12,16H,6-7,19H2,(H,20,21). The molecule has 0 radical (unpaired) electrons. The highest BCUT2D eigenvalue weighted by molar-refractivity contribution is 6.31. The van der Waals surface area contributed by atoms with Gasteiger partial charge in [0, 0.05) is 10.7 Å². The van der Waals surface area contributed by atoms with Crippen LogP contribution in [0.4, 0.5) is 5.69 Å². The van der Waals surface area contributed by atoms with Crippen molar-refractivity contribution < 1.29 is 4.79 Å². The highest BCUT2D eigenvalue weighted by Gasteiger charge is 2.33. The van der Waals surface area contributed by atoms with E-state index in [1.165, 1.54) is 0 Å². The van der Waals surface area contributed by atoms with Gasteiger partial charge in [-0.2, -0.15) is 0 Å². The lowest BCUT2D eigenvalue weighted by Crippen LogP contribution is -2.30. The molecule has 2 aromatic carbocycles.